The van der Waals surface area contributed by atoms with Crippen LogP contribution in [-0.2, 0) is 4.84 Å². The fraction of sp³-hybridized carbons (Fsp3) is 0.261. The number of methoxy groups -OCH3 is 2. The molecule has 5 heteroatoms. The number of oxime groups is 1. The lowest BCUT2D eigenvalue weighted by Gasteiger charge is -2.13. The van der Waals surface area contributed by atoms with Crippen molar-refractivity contribution < 1.29 is 14.3 Å². The minimum atomic E-state index is 0.540. The fourth-order valence-corrected chi connectivity index (χ4v) is 3.24. The molecular weight excluding hydrogens is 352 g/mol. The lowest BCUT2D eigenvalue weighted by atomic mass is 10.1. The van der Waals surface area contributed by atoms with Gasteiger partial charge in [0.2, 0.25) is 0 Å². The van der Waals surface area contributed by atoms with E-state index in [1.54, 1.807) is 14.2 Å². The monoisotopic (exact) mass is 378 g/mol. The van der Waals surface area contributed by atoms with Crippen molar-refractivity contribution in [3.8, 4) is 28.4 Å². The van der Waals surface area contributed by atoms with Crippen molar-refractivity contribution in [2.24, 2.45) is 5.16 Å². The minimum absolute atomic E-state index is 0.540. The van der Waals surface area contributed by atoms with Gasteiger partial charge in [0.1, 0.15) is 18.1 Å². The van der Waals surface area contributed by atoms with Crippen LogP contribution in [0.15, 0.2) is 59.8 Å². The smallest absolute Gasteiger partial charge is 0.119 e. The van der Waals surface area contributed by atoms with Gasteiger partial charge in [-0.1, -0.05) is 17.3 Å². The molecule has 1 heterocycles. The van der Waals surface area contributed by atoms with Crippen LogP contribution in [0.2, 0.25) is 0 Å². The quantitative estimate of drug-likeness (QED) is 0.418. The molecule has 146 valence electrons. The first-order valence-electron chi connectivity index (χ1n) is 9.27. The zero-order valence-electron chi connectivity index (χ0n) is 17.0. The first-order valence-corrected chi connectivity index (χ1v) is 9.27. The Hall–Kier alpha value is -3.21. The third-order valence-corrected chi connectivity index (χ3v) is 4.66. The van der Waals surface area contributed by atoms with Crippen molar-refractivity contribution in [3.63, 3.8) is 0 Å². The third-order valence-electron chi connectivity index (χ3n) is 4.66. The van der Waals surface area contributed by atoms with Crippen LogP contribution >= 0.6 is 0 Å². The average Bonchev–Trinajstić information content (AvgIpc) is 3.09. The fourth-order valence-electron chi connectivity index (χ4n) is 3.24. The molecule has 0 saturated heterocycles. The predicted molar refractivity (Wildman–Crippen MR) is 113 cm³/mol. The first kappa shape index (κ1) is 19.5. The summed E-state index contributed by atoms with van der Waals surface area (Å²) in [7, 11) is 3.35. The summed E-state index contributed by atoms with van der Waals surface area (Å²) in [5.74, 6) is 1.64. The second kappa shape index (κ2) is 8.65. The van der Waals surface area contributed by atoms with Gasteiger partial charge in [-0.2, -0.15) is 0 Å². The highest BCUT2D eigenvalue weighted by molar-refractivity contribution is 6.01. The number of hydrogen-bond acceptors (Lipinski definition) is 4. The van der Waals surface area contributed by atoms with Crippen LogP contribution in [0, 0.1) is 6.92 Å². The summed E-state index contributed by atoms with van der Waals surface area (Å²) >= 11 is 0. The summed E-state index contributed by atoms with van der Waals surface area (Å²) in [4.78, 5) is 5.27. The van der Waals surface area contributed by atoms with Gasteiger partial charge in [-0.3, -0.25) is 0 Å². The van der Waals surface area contributed by atoms with E-state index in [4.69, 9.17) is 14.3 Å². The van der Waals surface area contributed by atoms with Crippen LogP contribution < -0.4 is 9.47 Å². The molecule has 28 heavy (non-hydrogen) atoms. The minimum Gasteiger partial charge on any atom is -0.497 e. The molecule has 0 amide bonds. The van der Waals surface area contributed by atoms with Gasteiger partial charge in [-0.05, 0) is 63.2 Å². The Morgan fingerprint density at radius 1 is 0.964 bits per heavy atom. The Kier molecular flexibility index (Phi) is 6.04. The van der Waals surface area contributed by atoms with E-state index in [-0.39, 0.29) is 0 Å². The first-order chi connectivity index (χ1) is 13.6. The number of nitrogens with zero attached hydrogens (tertiary/aromatic N) is 2. The van der Waals surface area contributed by atoms with Gasteiger partial charge in [0.05, 0.1) is 25.6 Å². The van der Waals surface area contributed by atoms with E-state index in [0.717, 1.165) is 45.4 Å². The van der Waals surface area contributed by atoms with Crippen molar-refractivity contribution in [2.45, 2.75) is 20.8 Å². The highest BCUT2D eigenvalue weighted by Gasteiger charge is 2.17. The average molecular weight is 378 g/mol. The van der Waals surface area contributed by atoms with E-state index in [1.807, 2.05) is 56.3 Å². The summed E-state index contributed by atoms with van der Waals surface area (Å²) in [5, 5.41) is 4.24. The van der Waals surface area contributed by atoms with Crippen molar-refractivity contribution in [2.75, 3.05) is 20.8 Å². The lowest BCUT2D eigenvalue weighted by Crippen LogP contribution is -2.02. The molecule has 3 rings (SSSR count). The van der Waals surface area contributed by atoms with Gasteiger partial charge in [0, 0.05) is 22.5 Å². The molecule has 0 radical (unpaired) electrons. The zero-order valence-corrected chi connectivity index (χ0v) is 17.0. The van der Waals surface area contributed by atoms with E-state index in [9.17, 15) is 0 Å². The van der Waals surface area contributed by atoms with Gasteiger partial charge in [0.15, 0.2) is 0 Å². The molecule has 0 spiro atoms. The molecule has 0 aliphatic carbocycles. The SMILES string of the molecule is CCO/N=C(/C)c1cc(-c2cccc(OC)c2)n(-c2ccc(OC)cc2)c1C. The Morgan fingerprint density at radius 3 is 2.32 bits per heavy atom. The van der Waals surface area contributed by atoms with Crippen LogP contribution in [0.1, 0.15) is 25.1 Å². The van der Waals surface area contributed by atoms with Crippen molar-refractivity contribution >= 4 is 5.71 Å². The van der Waals surface area contributed by atoms with Crippen LogP contribution in [0.3, 0.4) is 0 Å². The van der Waals surface area contributed by atoms with Gasteiger partial charge in [0.25, 0.3) is 0 Å². The summed E-state index contributed by atoms with van der Waals surface area (Å²) in [5.41, 5.74) is 6.14. The summed E-state index contributed by atoms with van der Waals surface area (Å²) < 4.78 is 12.9. The summed E-state index contributed by atoms with van der Waals surface area (Å²) in [6.07, 6.45) is 0. The van der Waals surface area contributed by atoms with Gasteiger partial charge in [-0.25, -0.2) is 0 Å². The number of benzene rings is 2. The molecule has 0 N–H and O–H groups in total. The third kappa shape index (κ3) is 3.88. The van der Waals surface area contributed by atoms with Crippen LogP contribution in [0.25, 0.3) is 16.9 Å². The standard InChI is InChI=1S/C23H26N2O3/c1-6-28-24-16(2)22-15-23(18-8-7-9-21(14-18)27-5)25(17(22)3)19-10-12-20(26-4)13-11-19/h7-15H,6H2,1-5H3/b24-16-. The van der Waals surface area contributed by atoms with E-state index in [1.165, 1.54) is 0 Å². The molecule has 0 fully saturated rings. The van der Waals surface area contributed by atoms with E-state index in [0.29, 0.717) is 6.61 Å². The zero-order chi connectivity index (χ0) is 20.1. The number of ether oxygens (including phenoxy) is 2. The predicted octanol–water partition coefficient (Wildman–Crippen LogP) is 5.23. The number of rotatable bonds is 7. The Bertz CT molecular complexity index is 972. The van der Waals surface area contributed by atoms with E-state index >= 15 is 0 Å². The van der Waals surface area contributed by atoms with Gasteiger partial charge >= 0.3 is 0 Å². The largest absolute Gasteiger partial charge is 0.497 e. The maximum atomic E-state index is 5.42. The molecular formula is C23H26N2O3. The van der Waals surface area contributed by atoms with Gasteiger partial charge < -0.3 is 18.9 Å². The molecule has 0 aliphatic rings. The molecule has 0 aliphatic heterocycles. The molecule has 1 aromatic heterocycles. The highest BCUT2D eigenvalue weighted by atomic mass is 16.6. The van der Waals surface area contributed by atoms with Crippen LogP contribution in [-0.4, -0.2) is 31.1 Å². The second-order valence-corrected chi connectivity index (χ2v) is 6.39. The second-order valence-electron chi connectivity index (χ2n) is 6.39. The van der Waals surface area contributed by atoms with Crippen LogP contribution in [0.4, 0.5) is 0 Å². The Morgan fingerprint density at radius 2 is 1.68 bits per heavy atom. The van der Waals surface area contributed by atoms with Gasteiger partial charge in [-0.15, -0.1) is 0 Å². The maximum absolute atomic E-state index is 5.42. The molecule has 3 aromatic rings. The lowest BCUT2D eigenvalue weighted by molar-refractivity contribution is 0.159. The van der Waals surface area contributed by atoms with E-state index < -0.39 is 0 Å². The van der Waals surface area contributed by atoms with Crippen molar-refractivity contribution in [1.29, 1.82) is 0 Å². The highest BCUT2D eigenvalue weighted by Crippen LogP contribution is 2.32. The topological polar surface area (TPSA) is 45.0 Å². The van der Waals surface area contributed by atoms with E-state index in [2.05, 4.69) is 28.8 Å². The van der Waals surface area contributed by atoms with Crippen LogP contribution in [0.5, 0.6) is 11.5 Å². The maximum Gasteiger partial charge on any atom is 0.119 e. The Labute approximate surface area is 166 Å². The normalized spacial score (nSPS) is 11.4. The van der Waals surface area contributed by atoms with Crippen molar-refractivity contribution in [1.82, 2.24) is 4.57 Å². The molecule has 0 atom stereocenters. The summed E-state index contributed by atoms with van der Waals surface area (Å²) in [6.45, 7) is 6.52. The van der Waals surface area contributed by atoms with Crippen molar-refractivity contribution in [3.05, 3.63) is 65.9 Å². The summed E-state index contributed by atoms with van der Waals surface area (Å²) in [6, 6.07) is 18.2. The molecule has 0 bridgehead atoms. The molecule has 0 unspecified atom stereocenters. The molecule has 0 saturated carbocycles. The molecule has 5 nitrogen and oxygen atoms in total. The molecule has 2 aromatic carbocycles. The Balaban J connectivity index is 2.20. The number of hydrogen-bond donors (Lipinski definition) is 0. The number of aromatic nitrogens is 1.